The molecule has 1 spiro atoms. The summed E-state index contributed by atoms with van der Waals surface area (Å²) in [5, 5.41) is 10.3. The van der Waals surface area contributed by atoms with Crippen LogP contribution in [-0.2, 0) is 26.9 Å². The van der Waals surface area contributed by atoms with Crippen LogP contribution in [0, 0.1) is 0 Å². The van der Waals surface area contributed by atoms with E-state index in [4.69, 9.17) is 4.74 Å². The molecule has 4 heterocycles. The summed E-state index contributed by atoms with van der Waals surface area (Å²) in [5.41, 5.74) is 3.20. The highest BCUT2D eigenvalue weighted by molar-refractivity contribution is 7.91. The Morgan fingerprint density at radius 2 is 1.94 bits per heavy atom. The van der Waals surface area contributed by atoms with Crippen LogP contribution in [-0.4, -0.2) is 50.1 Å². The molecule has 2 aromatic heterocycles. The van der Waals surface area contributed by atoms with Gasteiger partial charge in [-0.1, -0.05) is 12.1 Å². The van der Waals surface area contributed by atoms with Gasteiger partial charge in [-0.05, 0) is 55.7 Å². The topological polar surface area (TPSA) is 94.4 Å². The predicted octanol–water partition coefficient (Wildman–Crippen LogP) is 3.31. The van der Waals surface area contributed by atoms with Gasteiger partial charge < -0.3 is 19.3 Å². The fourth-order valence-corrected chi connectivity index (χ4v) is 5.06. The molecule has 0 unspecified atom stereocenters. The zero-order valence-corrected chi connectivity index (χ0v) is 19.2. The van der Waals surface area contributed by atoms with E-state index in [0.29, 0.717) is 36.3 Å². The van der Waals surface area contributed by atoms with Gasteiger partial charge in [-0.3, -0.25) is 0 Å². The highest BCUT2D eigenvalue weighted by atomic mass is 32.2. The van der Waals surface area contributed by atoms with E-state index in [1.807, 2.05) is 31.2 Å². The van der Waals surface area contributed by atoms with Crippen LogP contribution in [0.4, 0.5) is 11.6 Å². The van der Waals surface area contributed by atoms with E-state index < -0.39 is 16.8 Å². The van der Waals surface area contributed by atoms with Crippen LogP contribution < -0.4 is 4.90 Å². The first kappa shape index (κ1) is 21.3. The number of fused-ring (bicyclic) bond motifs is 2. The van der Waals surface area contributed by atoms with Crippen molar-refractivity contribution in [2.45, 2.75) is 36.7 Å². The number of benzene rings is 1. The maximum Gasteiger partial charge on any atom is 0.229 e. The van der Waals surface area contributed by atoms with Gasteiger partial charge in [-0.2, -0.15) is 0 Å². The second kappa shape index (κ2) is 7.81. The molecule has 1 aromatic carbocycles. The number of hydrogen-bond donors (Lipinski definition) is 1. The third kappa shape index (κ3) is 3.57. The Bertz CT molecular complexity index is 1140. The first-order valence-corrected chi connectivity index (χ1v) is 12.0. The van der Waals surface area contributed by atoms with Crippen LogP contribution in [0.5, 0.6) is 0 Å². The van der Waals surface area contributed by atoms with Crippen molar-refractivity contribution < 1.29 is 14.4 Å². The lowest BCUT2D eigenvalue weighted by Gasteiger charge is -2.38. The standard InChI is InChI=1S/C24H26N4O3S/c1-4-32(30)17-8-9-18-20(10-17)28(13-24(18)14-31-15-24)22-25-11-16(12-26-22)19-6-5-7-21(27-19)23(2,3)29/h5-12,29H,4,13-15H2,1-3H3/t32-/m0/s1. The molecule has 5 rings (SSSR count). The van der Waals surface area contributed by atoms with Crippen LogP contribution in [0.25, 0.3) is 11.3 Å². The zero-order chi connectivity index (χ0) is 22.5. The van der Waals surface area contributed by atoms with Gasteiger partial charge in [0.1, 0.15) is 11.4 Å². The Kier molecular flexibility index (Phi) is 5.21. The minimum atomic E-state index is -1.03. The molecule has 0 bridgehead atoms. The van der Waals surface area contributed by atoms with Crippen LogP contribution in [0.1, 0.15) is 32.0 Å². The molecule has 32 heavy (non-hydrogen) atoms. The summed E-state index contributed by atoms with van der Waals surface area (Å²) in [6.45, 7) is 7.41. The van der Waals surface area contributed by atoms with Gasteiger partial charge in [0.25, 0.3) is 0 Å². The van der Waals surface area contributed by atoms with Crippen molar-refractivity contribution in [3.8, 4) is 11.3 Å². The van der Waals surface area contributed by atoms with Gasteiger partial charge in [-0.25, -0.2) is 15.0 Å². The molecule has 2 aliphatic rings. The first-order chi connectivity index (χ1) is 15.3. The smallest absolute Gasteiger partial charge is 0.229 e. The average Bonchev–Trinajstić information content (AvgIpc) is 3.13. The molecule has 0 amide bonds. The van der Waals surface area contributed by atoms with Gasteiger partial charge in [0.05, 0.1) is 35.7 Å². The van der Waals surface area contributed by atoms with Crippen molar-refractivity contribution in [3.63, 3.8) is 0 Å². The second-order valence-corrected chi connectivity index (χ2v) is 10.7. The lowest BCUT2D eigenvalue weighted by atomic mass is 9.81. The van der Waals surface area contributed by atoms with E-state index in [-0.39, 0.29) is 5.41 Å². The molecule has 166 valence electrons. The molecule has 3 aromatic rings. The summed E-state index contributed by atoms with van der Waals surface area (Å²) >= 11 is -1.03. The van der Waals surface area contributed by atoms with E-state index in [0.717, 1.165) is 22.7 Å². The molecule has 0 saturated carbocycles. The normalized spacial score (nSPS) is 17.8. The number of ether oxygens (including phenoxy) is 1. The fraction of sp³-hybridized carbons (Fsp3) is 0.375. The van der Waals surface area contributed by atoms with Gasteiger partial charge >= 0.3 is 0 Å². The summed E-state index contributed by atoms with van der Waals surface area (Å²) in [6.07, 6.45) is 3.52. The van der Waals surface area contributed by atoms with Crippen molar-refractivity contribution >= 4 is 22.8 Å². The minimum Gasteiger partial charge on any atom is -0.611 e. The predicted molar refractivity (Wildman–Crippen MR) is 123 cm³/mol. The number of nitrogens with zero attached hydrogens (tertiary/aromatic N) is 4. The monoisotopic (exact) mass is 450 g/mol. The van der Waals surface area contributed by atoms with Crippen LogP contribution in [0.2, 0.25) is 0 Å². The first-order valence-electron chi connectivity index (χ1n) is 10.7. The van der Waals surface area contributed by atoms with Crippen molar-refractivity contribution in [1.29, 1.82) is 0 Å². The van der Waals surface area contributed by atoms with Crippen molar-refractivity contribution in [1.82, 2.24) is 15.0 Å². The summed E-state index contributed by atoms with van der Waals surface area (Å²) in [4.78, 5) is 16.8. The molecule has 0 aliphatic carbocycles. The summed E-state index contributed by atoms with van der Waals surface area (Å²) in [7, 11) is 0. The third-order valence-corrected chi connectivity index (χ3v) is 7.43. The van der Waals surface area contributed by atoms with Crippen LogP contribution >= 0.6 is 0 Å². The Morgan fingerprint density at radius 3 is 2.56 bits per heavy atom. The second-order valence-electron chi connectivity index (χ2n) is 8.91. The summed E-state index contributed by atoms with van der Waals surface area (Å²) in [5.74, 6) is 1.17. The number of aromatic nitrogens is 3. The summed E-state index contributed by atoms with van der Waals surface area (Å²) < 4.78 is 18.0. The largest absolute Gasteiger partial charge is 0.611 e. The summed E-state index contributed by atoms with van der Waals surface area (Å²) in [6, 6.07) is 11.6. The zero-order valence-electron chi connectivity index (χ0n) is 18.4. The SMILES string of the molecule is CC[S@+]([O-])c1ccc2c(c1)N(c1ncc(-c3cccc(C(C)(C)O)n3)cn1)CC21COC1. The number of aliphatic hydroxyl groups is 1. The molecule has 0 radical (unpaired) electrons. The molecule has 8 heteroatoms. The maximum absolute atomic E-state index is 12.4. The van der Waals surface area contributed by atoms with Gasteiger partial charge in [-0.15, -0.1) is 0 Å². The minimum absolute atomic E-state index is 0.0633. The molecule has 2 aliphatic heterocycles. The van der Waals surface area contributed by atoms with E-state index in [2.05, 4.69) is 25.9 Å². The molecular formula is C24H26N4O3S. The third-order valence-electron chi connectivity index (χ3n) is 6.13. The number of pyridine rings is 1. The fourth-order valence-electron chi connectivity index (χ4n) is 4.27. The van der Waals surface area contributed by atoms with E-state index in [1.54, 1.807) is 32.3 Å². The molecule has 1 N–H and O–H groups in total. The van der Waals surface area contributed by atoms with Gasteiger partial charge in [0.2, 0.25) is 5.95 Å². The van der Waals surface area contributed by atoms with Crippen molar-refractivity contribution in [2.75, 3.05) is 30.4 Å². The number of rotatable bonds is 5. The lowest BCUT2D eigenvalue weighted by molar-refractivity contribution is -0.0507. The molecule has 1 fully saturated rings. The molecular weight excluding hydrogens is 424 g/mol. The van der Waals surface area contributed by atoms with Crippen LogP contribution in [0.3, 0.4) is 0 Å². The Balaban J connectivity index is 1.49. The Labute approximate surface area is 190 Å². The molecule has 1 saturated heterocycles. The Morgan fingerprint density at radius 1 is 1.19 bits per heavy atom. The lowest BCUT2D eigenvalue weighted by Crippen LogP contribution is -2.49. The maximum atomic E-state index is 12.4. The van der Waals surface area contributed by atoms with E-state index in [1.165, 1.54) is 5.56 Å². The number of anilines is 2. The van der Waals surface area contributed by atoms with Crippen molar-refractivity contribution in [2.24, 2.45) is 0 Å². The van der Waals surface area contributed by atoms with E-state index >= 15 is 0 Å². The van der Waals surface area contributed by atoms with Gasteiger partial charge in [0.15, 0.2) is 4.90 Å². The highest BCUT2D eigenvalue weighted by Gasteiger charge is 2.49. The Hall–Kier alpha value is -2.52. The van der Waals surface area contributed by atoms with E-state index in [9.17, 15) is 9.66 Å². The van der Waals surface area contributed by atoms with Crippen molar-refractivity contribution in [3.05, 3.63) is 60.0 Å². The quantitative estimate of drug-likeness (QED) is 0.596. The molecule has 1 atom stereocenters. The van der Waals surface area contributed by atoms with Gasteiger partial charge in [0, 0.05) is 30.6 Å². The molecule has 7 nitrogen and oxygen atoms in total. The number of hydrogen-bond acceptors (Lipinski definition) is 7. The highest BCUT2D eigenvalue weighted by Crippen LogP contribution is 2.48. The average molecular weight is 451 g/mol. The van der Waals surface area contributed by atoms with Crippen LogP contribution in [0.15, 0.2) is 53.7 Å².